The number of alkyl halides is 3. The third-order valence-electron chi connectivity index (χ3n) is 3.85. The van der Waals surface area contributed by atoms with Gasteiger partial charge in [0, 0.05) is 5.69 Å². The second-order valence-electron chi connectivity index (χ2n) is 5.69. The van der Waals surface area contributed by atoms with Gasteiger partial charge >= 0.3 is 6.18 Å². The van der Waals surface area contributed by atoms with E-state index in [-0.39, 0.29) is 16.3 Å². The highest BCUT2D eigenvalue weighted by Crippen LogP contribution is 2.31. The molecule has 0 spiro atoms. The van der Waals surface area contributed by atoms with Crippen LogP contribution < -0.4 is 5.32 Å². The summed E-state index contributed by atoms with van der Waals surface area (Å²) in [7, 11) is 0. The Labute approximate surface area is 162 Å². The number of amides is 1. The van der Waals surface area contributed by atoms with Crippen molar-refractivity contribution in [1.29, 1.82) is 0 Å². The number of anilines is 1. The SMILES string of the molecule is Cc1c(C(=O)Nc2ccc(Cl)c(Cl)c2)cnn1-c1cccc(C(F)(F)F)c1. The fourth-order valence-electron chi connectivity index (χ4n) is 2.48. The van der Waals surface area contributed by atoms with Gasteiger partial charge in [-0.15, -0.1) is 0 Å². The third-order valence-corrected chi connectivity index (χ3v) is 4.59. The van der Waals surface area contributed by atoms with Crippen molar-refractivity contribution in [3.05, 3.63) is 75.5 Å². The van der Waals surface area contributed by atoms with Crippen LogP contribution in [0.1, 0.15) is 21.6 Å². The molecule has 0 atom stereocenters. The average molecular weight is 414 g/mol. The molecule has 1 N–H and O–H groups in total. The van der Waals surface area contributed by atoms with E-state index in [1.165, 1.54) is 29.1 Å². The number of nitrogens with one attached hydrogen (secondary N) is 1. The zero-order valence-electron chi connectivity index (χ0n) is 13.8. The Bertz CT molecular complexity index is 1020. The minimum absolute atomic E-state index is 0.205. The maximum atomic E-state index is 12.9. The second kappa shape index (κ2) is 7.25. The van der Waals surface area contributed by atoms with Gasteiger partial charge in [-0.2, -0.15) is 18.3 Å². The molecular formula is C18H12Cl2F3N3O. The first-order chi connectivity index (χ1) is 12.7. The molecule has 9 heteroatoms. The summed E-state index contributed by atoms with van der Waals surface area (Å²) in [5.74, 6) is -0.468. The van der Waals surface area contributed by atoms with Crippen LogP contribution in [-0.2, 0) is 6.18 Å². The molecule has 27 heavy (non-hydrogen) atoms. The van der Waals surface area contributed by atoms with Crippen molar-refractivity contribution < 1.29 is 18.0 Å². The number of nitrogens with zero attached hydrogens (tertiary/aromatic N) is 2. The normalized spacial score (nSPS) is 11.5. The summed E-state index contributed by atoms with van der Waals surface area (Å²) in [6.07, 6.45) is -3.17. The number of carbonyl (C=O) groups excluding carboxylic acids is 1. The topological polar surface area (TPSA) is 46.9 Å². The first-order valence-corrected chi connectivity index (χ1v) is 8.41. The molecule has 0 saturated carbocycles. The van der Waals surface area contributed by atoms with Gasteiger partial charge in [0.2, 0.25) is 0 Å². The molecular weight excluding hydrogens is 402 g/mol. The number of rotatable bonds is 3. The molecule has 0 saturated heterocycles. The van der Waals surface area contributed by atoms with Crippen molar-refractivity contribution in [3.8, 4) is 5.69 Å². The molecule has 4 nitrogen and oxygen atoms in total. The largest absolute Gasteiger partial charge is 0.416 e. The summed E-state index contributed by atoms with van der Waals surface area (Å²) in [6.45, 7) is 1.59. The smallest absolute Gasteiger partial charge is 0.322 e. The Morgan fingerprint density at radius 3 is 2.52 bits per heavy atom. The summed E-state index contributed by atoms with van der Waals surface area (Å²) in [6, 6.07) is 9.33. The molecule has 0 radical (unpaired) electrons. The Hall–Kier alpha value is -2.51. The van der Waals surface area contributed by atoms with E-state index >= 15 is 0 Å². The fraction of sp³-hybridized carbons (Fsp3) is 0.111. The van der Waals surface area contributed by atoms with E-state index in [1.54, 1.807) is 19.1 Å². The van der Waals surface area contributed by atoms with Gasteiger partial charge in [0.15, 0.2) is 0 Å². The lowest BCUT2D eigenvalue weighted by Gasteiger charge is -2.10. The molecule has 0 aliphatic carbocycles. The van der Waals surface area contributed by atoms with Crippen LogP contribution in [-0.4, -0.2) is 15.7 Å². The minimum Gasteiger partial charge on any atom is -0.322 e. The van der Waals surface area contributed by atoms with E-state index in [2.05, 4.69) is 10.4 Å². The zero-order valence-corrected chi connectivity index (χ0v) is 15.3. The number of hydrogen-bond donors (Lipinski definition) is 1. The van der Waals surface area contributed by atoms with E-state index < -0.39 is 17.6 Å². The van der Waals surface area contributed by atoms with E-state index in [0.29, 0.717) is 16.4 Å². The Kier molecular flexibility index (Phi) is 5.17. The van der Waals surface area contributed by atoms with Crippen LogP contribution in [0.2, 0.25) is 10.0 Å². The molecule has 0 aliphatic rings. The lowest BCUT2D eigenvalue weighted by Crippen LogP contribution is -2.13. The van der Waals surface area contributed by atoms with Crippen molar-refractivity contribution in [2.45, 2.75) is 13.1 Å². The van der Waals surface area contributed by atoms with Crippen molar-refractivity contribution in [3.63, 3.8) is 0 Å². The number of carbonyl (C=O) groups is 1. The van der Waals surface area contributed by atoms with Gasteiger partial charge in [-0.1, -0.05) is 29.3 Å². The highest BCUT2D eigenvalue weighted by Gasteiger charge is 2.30. The monoisotopic (exact) mass is 413 g/mol. The molecule has 0 bridgehead atoms. The maximum absolute atomic E-state index is 12.9. The lowest BCUT2D eigenvalue weighted by molar-refractivity contribution is -0.137. The van der Waals surface area contributed by atoms with E-state index in [4.69, 9.17) is 23.2 Å². The molecule has 1 aromatic heterocycles. The van der Waals surface area contributed by atoms with Gasteiger partial charge in [-0.3, -0.25) is 4.79 Å². The number of halogens is 5. The van der Waals surface area contributed by atoms with Crippen LogP contribution >= 0.6 is 23.2 Å². The second-order valence-corrected chi connectivity index (χ2v) is 6.50. The highest BCUT2D eigenvalue weighted by molar-refractivity contribution is 6.42. The first-order valence-electron chi connectivity index (χ1n) is 7.65. The van der Waals surface area contributed by atoms with Gasteiger partial charge < -0.3 is 5.32 Å². The maximum Gasteiger partial charge on any atom is 0.416 e. The minimum atomic E-state index is -4.47. The van der Waals surface area contributed by atoms with Crippen LogP contribution in [0.25, 0.3) is 5.69 Å². The molecule has 1 heterocycles. The van der Waals surface area contributed by atoms with Crippen molar-refractivity contribution in [2.75, 3.05) is 5.32 Å². The molecule has 0 aliphatic heterocycles. The molecule has 0 fully saturated rings. The molecule has 2 aromatic carbocycles. The van der Waals surface area contributed by atoms with Crippen LogP contribution in [0.5, 0.6) is 0 Å². The van der Waals surface area contributed by atoms with Crippen LogP contribution in [0.4, 0.5) is 18.9 Å². The third kappa shape index (κ3) is 4.09. The van der Waals surface area contributed by atoms with E-state index in [0.717, 1.165) is 12.1 Å². The van der Waals surface area contributed by atoms with Gasteiger partial charge in [0.25, 0.3) is 5.91 Å². The van der Waals surface area contributed by atoms with Crippen LogP contribution in [0.3, 0.4) is 0 Å². The highest BCUT2D eigenvalue weighted by atomic mass is 35.5. The Balaban J connectivity index is 1.89. The van der Waals surface area contributed by atoms with Crippen molar-refractivity contribution in [2.24, 2.45) is 0 Å². The molecule has 3 aromatic rings. The molecule has 3 rings (SSSR count). The molecule has 1 amide bonds. The van der Waals surface area contributed by atoms with Gasteiger partial charge in [0.05, 0.1) is 38.8 Å². The van der Waals surface area contributed by atoms with Crippen molar-refractivity contribution in [1.82, 2.24) is 9.78 Å². The summed E-state index contributed by atoms with van der Waals surface area (Å²) >= 11 is 11.8. The molecule has 140 valence electrons. The molecule has 0 unspecified atom stereocenters. The van der Waals surface area contributed by atoms with Crippen molar-refractivity contribution >= 4 is 34.8 Å². The van der Waals surface area contributed by atoms with E-state index in [9.17, 15) is 18.0 Å². The van der Waals surface area contributed by atoms with Gasteiger partial charge in [-0.25, -0.2) is 4.68 Å². The quantitative estimate of drug-likeness (QED) is 0.593. The zero-order chi connectivity index (χ0) is 19.8. The van der Waals surface area contributed by atoms with Crippen LogP contribution in [0.15, 0.2) is 48.7 Å². The summed E-state index contributed by atoms with van der Waals surface area (Å²) in [4.78, 5) is 12.5. The van der Waals surface area contributed by atoms with Gasteiger partial charge in [-0.05, 0) is 43.3 Å². The Morgan fingerprint density at radius 2 is 1.85 bits per heavy atom. The number of hydrogen-bond acceptors (Lipinski definition) is 2. The fourth-order valence-corrected chi connectivity index (χ4v) is 2.78. The average Bonchev–Trinajstić information content (AvgIpc) is 2.99. The van der Waals surface area contributed by atoms with Gasteiger partial charge in [0.1, 0.15) is 0 Å². The summed E-state index contributed by atoms with van der Waals surface area (Å²) in [5.41, 5.74) is 0.457. The predicted molar refractivity (Wildman–Crippen MR) is 97.7 cm³/mol. The first kappa shape index (κ1) is 19.3. The number of benzene rings is 2. The lowest BCUT2D eigenvalue weighted by atomic mass is 10.2. The Morgan fingerprint density at radius 1 is 1.11 bits per heavy atom. The number of aromatic nitrogens is 2. The summed E-state index contributed by atoms with van der Waals surface area (Å²) < 4.78 is 40.0. The van der Waals surface area contributed by atoms with Crippen LogP contribution in [0, 0.1) is 6.92 Å². The summed E-state index contributed by atoms with van der Waals surface area (Å²) in [5, 5.41) is 7.33. The standard InChI is InChI=1S/C18H12Cl2F3N3O/c1-10-14(17(27)25-12-5-6-15(19)16(20)8-12)9-24-26(10)13-4-2-3-11(7-13)18(21,22)23/h2-9H,1H3,(H,25,27). The predicted octanol–water partition coefficient (Wildman–Crippen LogP) is 5.76. The van der Waals surface area contributed by atoms with E-state index in [1.807, 2.05) is 0 Å².